The van der Waals surface area contributed by atoms with E-state index in [-0.39, 0.29) is 25.7 Å². The monoisotopic (exact) mass is 1430 g/mol. The average molecular weight is 1430 g/mol. The van der Waals surface area contributed by atoms with Gasteiger partial charge in [0, 0.05) is 25.7 Å². The molecule has 0 saturated heterocycles. The van der Waals surface area contributed by atoms with E-state index in [1.165, 1.54) is 122 Å². The summed E-state index contributed by atoms with van der Waals surface area (Å²) in [6, 6.07) is 0. The summed E-state index contributed by atoms with van der Waals surface area (Å²) in [6.07, 6.45) is 70.5. The van der Waals surface area contributed by atoms with Gasteiger partial charge in [-0.3, -0.25) is 37.3 Å². The first-order chi connectivity index (χ1) is 47.7. The molecule has 0 radical (unpaired) electrons. The lowest BCUT2D eigenvalue weighted by atomic mass is 10.1. The van der Waals surface area contributed by atoms with Crippen LogP contribution in [0.2, 0.25) is 0 Å². The molecule has 17 nitrogen and oxygen atoms in total. The van der Waals surface area contributed by atoms with Gasteiger partial charge in [0.05, 0.1) is 26.4 Å². The lowest BCUT2D eigenvalue weighted by Gasteiger charge is -2.21. The van der Waals surface area contributed by atoms with Gasteiger partial charge < -0.3 is 33.8 Å². The minimum atomic E-state index is -4.97. The summed E-state index contributed by atoms with van der Waals surface area (Å²) in [6.45, 7) is 4.84. The lowest BCUT2D eigenvalue weighted by molar-refractivity contribution is -0.161. The zero-order valence-electron chi connectivity index (χ0n) is 62.5. The maximum absolute atomic E-state index is 13.1. The maximum Gasteiger partial charge on any atom is 0.472 e. The molecule has 0 heterocycles. The quantitative estimate of drug-likeness (QED) is 0.0169. The summed E-state index contributed by atoms with van der Waals surface area (Å²) >= 11 is 0. The van der Waals surface area contributed by atoms with E-state index in [0.29, 0.717) is 25.7 Å². The van der Waals surface area contributed by atoms with E-state index in [0.717, 1.165) is 161 Å². The van der Waals surface area contributed by atoms with Crippen molar-refractivity contribution in [1.29, 1.82) is 0 Å². The zero-order valence-corrected chi connectivity index (χ0v) is 64.3. The SMILES string of the molecule is CCCCC/C=C\C/C=C\CCCCCCCC(=O)O[C@H](COC(=O)CCCCCCCCC/C=C\CCCCCC)COP(=O)(O)OC[C@@H](O)COP(=O)(O)OC[C@@H](COC(=O)CCCCCCC/C=C\CCCCCC)OC(=O)CCCCCCC/C=C\CCCCCCCC. The predicted octanol–water partition coefficient (Wildman–Crippen LogP) is 22.7. The number of phosphoric acid groups is 2. The smallest absolute Gasteiger partial charge is 0.462 e. The Hall–Kier alpha value is -3.24. The third kappa shape index (κ3) is 71.2. The van der Waals surface area contributed by atoms with E-state index in [4.69, 9.17) is 37.0 Å². The third-order valence-electron chi connectivity index (χ3n) is 16.9. The highest BCUT2D eigenvalue weighted by atomic mass is 31.2. The van der Waals surface area contributed by atoms with E-state index in [9.17, 15) is 43.2 Å². The molecule has 0 aliphatic carbocycles. The molecule has 98 heavy (non-hydrogen) atoms. The molecular weight excluding hydrogens is 1280 g/mol. The molecule has 572 valence electrons. The summed E-state index contributed by atoms with van der Waals surface area (Å²) < 4.78 is 68.5. The fraction of sp³-hybridized carbons (Fsp3) is 0.823. The third-order valence-corrected chi connectivity index (χ3v) is 18.8. The molecule has 0 rings (SSSR count). The van der Waals surface area contributed by atoms with Crippen LogP contribution >= 0.6 is 15.6 Å². The molecule has 0 amide bonds. The van der Waals surface area contributed by atoms with E-state index in [2.05, 4.69) is 88.5 Å². The Labute approximate surface area is 597 Å². The standard InChI is InChI=1S/C79H144O17P2/c1-5-9-13-17-21-25-29-33-36-40-44-48-52-56-60-64-77(82)90-70-75(96-79(84)66-62-58-54-50-46-42-38-35-31-27-23-19-15-11-7-3)72-94-98(87,88)92-68-73(80)67-91-97(85,86)93-71-74(69-89-76(81)63-59-55-51-47-43-39-32-28-24-20-16-12-8-4)95-78(83)65-61-57-53-49-45-41-37-34-30-26-22-18-14-10-6-2/h23,25,27-29,32,34-35,37-38,73-75,80H,5-22,24,26,30-31,33,36,39-72H2,1-4H3,(H,85,86)(H,87,88)/b27-23-,29-25-,32-28-,37-34-,38-35-/t73-,74+,75+/m0/s1. The number of allylic oxidation sites excluding steroid dienone is 10. The molecule has 0 spiro atoms. The number of unbranched alkanes of at least 4 members (excludes halogenated alkanes) is 39. The number of carbonyl (C=O) groups excluding carboxylic acids is 4. The van der Waals surface area contributed by atoms with Gasteiger partial charge in [-0.15, -0.1) is 0 Å². The highest BCUT2D eigenvalue weighted by Gasteiger charge is 2.30. The van der Waals surface area contributed by atoms with Crippen molar-refractivity contribution in [2.75, 3.05) is 39.6 Å². The Bertz CT molecular complexity index is 2100. The fourth-order valence-corrected chi connectivity index (χ4v) is 12.4. The van der Waals surface area contributed by atoms with E-state index in [1.807, 2.05) is 0 Å². The predicted molar refractivity (Wildman–Crippen MR) is 400 cm³/mol. The van der Waals surface area contributed by atoms with Crippen molar-refractivity contribution < 1.29 is 80.2 Å². The van der Waals surface area contributed by atoms with Crippen LogP contribution in [0.4, 0.5) is 0 Å². The first-order valence-electron chi connectivity index (χ1n) is 39.5. The van der Waals surface area contributed by atoms with Crippen LogP contribution in [0, 0.1) is 0 Å². The number of hydrogen-bond acceptors (Lipinski definition) is 15. The number of phosphoric ester groups is 2. The second-order valence-corrected chi connectivity index (χ2v) is 29.5. The zero-order chi connectivity index (χ0) is 71.8. The summed E-state index contributed by atoms with van der Waals surface area (Å²) in [4.78, 5) is 72.9. The molecule has 3 N–H and O–H groups in total. The van der Waals surface area contributed by atoms with Gasteiger partial charge >= 0.3 is 39.5 Å². The van der Waals surface area contributed by atoms with Crippen molar-refractivity contribution in [3.63, 3.8) is 0 Å². The van der Waals surface area contributed by atoms with Crippen LogP contribution in [0.25, 0.3) is 0 Å². The second kappa shape index (κ2) is 72.1. The Kier molecular flexibility index (Phi) is 69.7. The molecule has 0 aromatic heterocycles. The van der Waals surface area contributed by atoms with Gasteiger partial charge in [-0.2, -0.15) is 0 Å². The number of carbonyl (C=O) groups is 4. The largest absolute Gasteiger partial charge is 0.472 e. The van der Waals surface area contributed by atoms with Crippen LogP contribution in [0.3, 0.4) is 0 Å². The van der Waals surface area contributed by atoms with Crippen molar-refractivity contribution in [1.82, 2.24) is 0 Å². The molecule has 19 heteroatoms. The Morgan fingerprint density at radius 2 is 0.500 bits per heavy atom. The van der Waals surface area contributed by atoms with Crippen LogP contribution in [0.5, 0.6) is 0 Å². The van der Waals surface area contributed by atoms with Crippen molar-refractivity contribution in [2.24, 2.45) is 0 Å². The summed E-state index contributed by atoms with van der Waals surface area (Å²) in [5.41, 5.74) is 0. The number of aliphatic hydroxyl groups excluding tert-OH is 1. The number of aliphatic hydroxyl groups is 1. The molecule has 0 fully saturated rings. The normalized spacial score (nSPS) is 14.2. The van der Waals surface area contributed by atoms with Crippen molar-refractivity contribution in [3.8, 4) is 0 Å². The minimum absolute atomic E-state index is 0.0817. The summed E-state index contributed by atoms with van der Waals surface area (Å²) in [5.74, 6) is -2.18. The molecule has 0 aliphatic rings. The number of ether oxygens (including phenoxy) is 4. The Morgan fingerprint density at radius 1 is 0.286 bits per heavy atom. The lowest BCUT2D eigenvalue weighted by Crippen LogP contribution is -2.30. The van der Waals surface area contributed by atoms with Gasteiger partial charge in [-0.05, 0) is 135 Å². The van der Waals surface area contributed by atoms with Gasteiger partial charge in [0.2, 0.25) is 0 Å². The van der Waals surface area contributed by atoms with Crippen molar-refractivity contribution in [3.05, 3.63) is 60.8 Å². The molecule has 0 aliphatic heterocycles. The maximum atomic E-state index is 13.1. The first-order valence-corrected chi connectivity index (χ1v) is 42.5. The van der Waals surface area contributed by atoms with Crippen LogP contribution in [-0.4, -0.2) is 96.7 Å². The fourth-order valence-electron chi connectivity index (χ4n) is 10.8. The van der Waals surface area contributed by atoms with Gasteiger partial charge in [-0.1, -0.05) is 262 Å². The molecule has 2 unspecified atom stereocenters. The van der Waals surface area contributed by atoms with Gasteiger partial charge in [-0.25, -0.2) is 9.13 Å². The molecular formula is C79H144O17P2. The van der Waals surface area contributed by atoms with Crippen LogP contribution in [0.15, 0.2) is 60.8 Å². The van der Waals surface area contributed by atoms with E-state index >= 15 is 0 Å². The number of rotatable bonds is 75. The molecule has 0 aromatic rings. The average Bonchev–Trinajstić information content (AvgIpc) is 1.04. The highest BCUT2D eigenvalue weighted by molar-refractivity contribution is 7.47. The Morgan fingerprint density at radius 3 is 0.796 bits per heavy atom. The molecule has 0 saturated carbocycles. The summed E-state index contributed by atoms with van der Waals surface area (Å²) in [7, 11) is -9.95. The minimum Gasteiger partial charge on any atom is -0.462 e. The molecule has 5 atom stereocenters. The van der Waals surface area contributed by atoms with Crippen molar-refractivity contribution >= 4 is 39.5 Å². The van der Waals surface area contributed by atoms with Gasteiger partial charge in [0.25, 0.3) is 0 Å². The van der Waals surface area contributed by atoms with Crippen molar-refractivity contribution in [2.45, 2.75) is 380 Å². The van der Waals surface area contributed by atoms with E-state index in [1.54, 1.807) is 0 Å². The van der Waals surface area contributed by atoms with Crippen LogP contribution in [-0.2, 0) is 65.4 Å². The highest BCUT2D eigenvalue weighted by Crippen LogP contribution is 2.45. The Balaban J connectivity index is 5.35. The topological polar surface area (TPSA) is 237 Å². The van der Waals surface area contributed by atoms with Gasteiger partial charge in [0.15, 0.2) is 12.2 Å². The number of esters is 4. The molecule has 0 aromatic carbocycles. The summed E-state index contributed by atoms with van der Waals surface area (Å²) in [5, 5.41) is 10.6. The number of hydrogen-bond donors (Lipinski definition) is 3. The van der Waals surface area contributed by atoms with Crippen LogP contribution < -0.4 is 0 Å². The molecule has 0 bridgehead atoms. The second-order valence-electron chi connectivity index (χ2n) is 26.6. The van der Waals surface area contributed by atoms with E-state index < -0.39 is 97.5 Å². The first kappa shape index (κ1) is 94.8. The van der Waals surface area contributed by atoms with Gasteiger partial charge in [0.1, 0.15) is 19.3 Å². The van der Waals surface area contributed by atoms with Crippen LogP contribution in [0.1, 0.15) is 362 Å².